The molecule has 5 nitrogen and oxygen atoms in total. The highest BCUT2D eigenvalue weighted by atomic mass is 16.5. The van der Waals surface area contributed by atoms with Gasteiger partial charge < -0.3 is 10.1 Å². The molecule has 5 heteroatoms. The summed E-state index contributed by atoms with van der Waals surface area (Å²) in [6.07, 6.45) is 5.84. The van der Waals surface area contributed by atoms with E-state index in [9.17, 15) is 0 Å². The minimum absolute atomic E-state index is 0.438. The highest BCUT2D eigenvalue weighted by Gasteiger charge is 2.40. The summed E-state index contributed by atoms with van der Waals surface area (Å²) in [5, 5.41) is 7.61. The summed E-state index contributed by atoms with van der Waals surface area (Å²) >= 11 is 0. The van der Waals surface area contributed by atoms with E-state index < -0.39 is 0 Å². The second-order valence-electron chi connectivity index (χ2n) is 4.75. The molecular formula is C11H18N4O. The van der Waals surface area contributed by atoms with E-state index in [4.69, 9.17) is 4.74 Å². The van der Waals surface area contributed by atoms with Crippen LogP contribution in [0, 0.1) is 5.92 Å². The van der Waals surface area contributed by atoms with Crippen LogP contribution in [0.15, 0.2) is 6.33 Å². The van der Waals surface area contributed by atoms with Crippen molar-refractivity contribution < 1.29 is 4.74 Å². The van der Waals surface area contributed by atoms with Crippen LogP contribution in [0.5, 0.6) is 0 Å². The zero-order chi connectivity index (χ0) is 11.0. The maximum absolute atomic E-state index is 5.78. The maximum atomic E-state index is 5.78. The summed E-state index contributed by atoms with van der Waals surface area (Å²) in [5.74, 6) is 1.79. The fourth-order valence-corrected chi connectivity index (χ4v) is 2.42. The minimum atomic E-state index is 0.438. The second kappa shape index (κ2) is 4.14. The van der Waals surface area contributed by atoms with Gasteiger partial charge in [0.05, 0.1) is 12.6 Å². The van der Waals surface area contributed by atoms with Crippen LogP contribution >= 0.6 is 0 Å². The van der Waals surface area contributed by atoms with Gasteiger partial charge in [-0.2, -0.15) is 5.10 Å². The van der Waals surface area contributed by atoms with Crippen LogP contribution < -0.4 is 5.32 Å². The molecule has 2 unspecified atom stereocenters. The monoisotopic (exact) mass is 222 g/mol. The molecule has 0 spiro atoms. The van der Waals surface area contributed by atoms with E-state index in [1.54, 1.807) is 6.33 Å². The summed E-state index contributed by atoms with van der Waals surface area (Å²) in [4.78, 5) is 4.21. The molecule has 0 amide bonds. The fourth-order valence-electron chi connectivity index (χ4n) is 2.42. The van der Waals surface area contributed by atoms with Crippen molar-refractivity contribution >= 4 is 0 Å². The molecule has 1 aromatic heterocycles. The molecule has 1 aliphatic carbocycles. The molecule has 1 saturated heterocycles. The van der Waals surface area contributed by atoms with Crippen molar-refractivity contribution in [1.29, 1.82) is 0 Å². The molecule has 88 valence electrons. The Hall–Kier alpha value is -0.940. The van der Waals surface area contributed by atoms with E-state index in [-0.39, 0.29) is 0 Å². The number of nitrogens with one attached hydrogen (secondary N) is 1. The summed E-state index contributed by atoms with van der Waals surface area (Å²) < 4.78 is 7.60. The normalized spacial score (nSPS) is 29.8. The minimum Gasteiger partial charge on any atom is -0.376 e. The Morgan fingerprint density at radius 3 is 3.06 bits per heavy atom. The number of aryl methyl sites for hydroxylation is 1. The standard InChI is InChI=1S/C11H18N4O/c1-15-10(13-7-14-15)6-12-9-4-5-16-11(9)8-2-3-8/h7-9,11-12H,2-6H2,1H3. The predicted molar refractivity (Wildman–Crippen MR) is 58.7 cm³/mol. The van der Waals surface area contributed by atoms with Gasteiger partial charge in [0.25, 0.3) is 0 Å². The SMILES string of the molecule is Cn1ncnc1CNC1CCOC1C1CC1. The van der Waals surface area contributed by atoms with Crippen LogP contribution in [0.2, 0.25) is 0 Å². The Bertz CT molecular complexity index is 361. The van der Waals surface area contributed by atoms with E-state index in [0.717, 1.165) is 31.3 Å². The largest absolute Gasteiger partial charge is 0.376 e. The van der Waals surface area contributed by atoms with Gasteiger partial charge in [-0.15, -0.1) is 0 Å². The maximum Gasteiger partial charge on any atom is 0.140 e. The van der Waals surface area contributed by atoms with Gasteiger partial charge in [0.15, 0.2) is 0 Å². The first-order chi connectivity index (χ1) is 7.84. The Morgan fingerprint density at radius 1 is 1.50 bits per heavy atom. The zero-order valence-electron chi connectivity index (χ0n) is 9.59. The lowest BCUT2D eigenvalue weighted by atomic mass is 10.1. The lowest BCUT2D eigenvalue weighted by Crippen LogP contribution is -2.37. The number of hydrogen-bond donors (Lipinski definition) is 1. The average molecular weight is 222 g/mol. The van der Waals surface area contributed by atoms with Gasteiger partial charge in [-0.05, 0) is 25.2 Å². The van der Waals surface area contributed by atoms with Crippen molar-refractivity contribution in [3.05, 3.63) is 12.2 Å². The van der Waals surface area contributed by atoms with Crippen LogP contribution in [-0.2, 0) is 18.3 Å². The van der Waals surface area contributed by atoms with Gasteiger partial charge >= 0.3 is 0 Å². The molecule has 1 N–H and O–H groups in total. The lowest BCUT2D eigenvalue weighted by Gasteiger charge is -2.19. The number of hydrogen-bond acceptors (Lipinski definition) is 4. The molecule has 2 atom stereocenters. The highest BCUT2D eigenvalue weighted by Crippen LogP contribution is 2.38. The van der Waals surface area contributed by atoms with E-state index in [2.05, 4.69) is 15.4 Å². The summed E-state index contributed by atoms with van der Waals surface area (Å²) in [6, 6.07) is 0.504. The van der Waals surface area contributed by atoms with Crippen molar-refractivity contribution in [3.63, 3.8) is 0 Å². The molecule has 0 radical (unpaired) electrons. The fraction of sp³-hybridized carbons (Fsp3) is 0.818. The van der Waals surface area contributed by atoms with E-state index >= 15 is 0 Å². The first kappa shape index (κ1) is 10.2. The molecule has 1 aliphatic heterocycles. The van der Waals surface area contributed by atoms with Crippen LogP contribution in [0.1, 0.15) is 25.1 Å². The number of rotatable bonds is 4. The lowest BCUT2D eigenvalue weighted by molar-refractivity contribution is 0.0807. The van der Waals surface area contributed by atoms with Crippen molar-refractivity contribution in [2.75, 3.05) is 6.61 Å². The Labute approximate surface area is 95.2 Å². The average Bonchev–Trinajstić information content (AvgIpc) is 2.88. The van der Waals surface area contributed by atoms with Crippen LogP contribution in [0.25, 0.3) is 0 Å². The van der Waals surface area contributed by atoms with Crippen LogP contribution in [-0.4, -0.2) is 33.5 Å². The molecule has 0 aromatic carbocycles. The molecule has 1 aromatic rings. The predicted octanol–water partition coefficient (Wildman–Crippen LogP) is 0.472. The zero-order valence-corrected chi connectivity index (χ0v) is 9.59. The third-order valence-electron chi connectivity index (χ3n) is 3.55. The summed E-state index contributed by atoms with van der Waals surface area (Å²) in [5.41, 5.74) is 0. The van der Waals surface area contributed by atoms with E-state index in [0.29, 0.717) is 12.1 Å². The van der Waals surface area contributed by atoms with Gasteiger partial charge in [-0.25, -0.2) is 4.98 Å². The van der Waals surface area contributed by atoms with Crippen molar-refractivity contribution in [1.82, 2.24) is 20.1 Å². The third-order valence-corrected chi connectivity index (χ3v) is 3.55. The van der Waals surface area contributed by atoms with Gasteiger partial charge in [0.1, 0.15) is 12.2 Å². The topological polar surface area (TPSA) is 52.0 Å². The Morgan fingerprint density at radius 2 is 2.38 bits per heavy atom. The molecule has 3 rings (SSSR count). The molecule has 0 bridgehead atoms. The molecule has 1 saturated carbocycles. The smallest absolute Gasteiger partial charge is 0.140 e. The van der Waals surface area contributed by atoms with Gasteiger partial charge in [-0.1, -0.05) is 0 Å². The second-order valence-corrected chi connectivity index (χ2v) is 4.75. The summed E-state index contributed by atoms with van der Waals surface area (Å²) in [7, 11) is 1.92. The number of aromatic nitrogens is 3. The van der Waals surface area contributed by atoms with Crippen LogP contribution in [0.3, 0.4) is 0 Å². The molecule has 2 aliphatic rings. The van der Waals surface area contributed by atoms with Gasteiger partial charge in [-0.3, -0.25) is 4.68 Å². The quantitative estimate of drug-likeness (QED) is 0.804. The van der Waals surface area contributed by atoms with E-state index in [1.807, 2.05) is 11.7 Å². The van der Waals surface area contributed by atoms with Gasteiger partial charge in [0.2, 0.25) is 0 Å². The van der Waals surface area contributed by atoms with Crippen LogP contribution in [0.4, 0.5) is 0 Å². The van der Waals surface area contributed by atoms with Gasteiger partial charge in [0, 0.05) is 19.7 Å². The third kappa shape index (κ3) is 1.97. The molecular weight excluding hydrogens is 204 g/mol. The van der Waals surface area contributed by atoms with E-state index in [1.165, 1.54) is 12.8 Å². The summed E-state index contributed by atoms with van der Waals surface area (Å²) in [6.45, 7) is 1.69. The van der Waals surface area contributed by atoms with Crippen molar-refractivity contribution in [2.45, 2.75) is 38.0 Å². The number of nitrogens with zero attached hydrogens (tertiary/aromatic N) is 3. The van der Waals surface area contributed by atoms with Crippen molar-refractivity contribution in [2.24, 2.45) is 13.0 Å². The number of ether oxygens (including phenoxy) is 1. The highest BCUT2D eigenvalue weighted by molar-refractivity contribution is 4.94. The van der Waals surface area contributed by atoms with Crippen molar-refractivity contribution in [3.8, 4) is 0 Å². The Balaban J connectivity index is 1.56. The molecule has 2 fully saturated rings. The first-order valence-electron chi connectivity index (χ1n) is 6.02. The Kier molecular flexibility index (Phi) is 2.65. The molecule has 16 heavy (non-hydrogen) atoms. The first-order valence-corrected chi connectivity index (χ1v) is 6.02. The molecule has 2 heterocycles.